The molecule has 1 unspecified atom stereocenters. The summed E-state index contributed by atoms with van der Waals surface area (Å²) in [5.74, 6) is 0.538. The summed E-state index contributed by atoms with van der Waals surface area (Å²) in [4.78, 5) is 4.31. The molecule has 1 N–H and O–H groups in total. The molecule has 12 heavy (non-hydrogen) atoms. The second kappa shape index (κ2) is 3.87. The van der Waals surface area contributed by atoms with Crippen LogP contribution in [-0.2, 0) is 4.89 Å². The van der Waals surface area contributed by atoms with Crippen LogP contribution in [0.5, 0.6) is 0 Å². The highest BCUT2D eigenvalue weighted by molar-refractivity contribution is 5.23. The van der Waals surface area contributed by atoms with Gasteiger partial charge in [0.25, 0.3) is 0 Å². The molecule has 0 bridgehead atoms. The molecule has 0 saturated heterocycles. The van der Waals surface area contributed by atoms with E-state index in [-0.39, 0.29) is 6.10 Å². The van der Waals surface area contributed by atoms with Gasteiger partial charge in [-0.25, -0.2) is 4.89 Å². The molecule has 1 atom stereocenters. The first kappa shape index (κ1) is 9.49. The Bertz CT molecular complexity index is 204. The average Bonchev–Trinajstić information content (AvgIpc) is 2.05. The van der Waals surface area contributed by atoms with Crippen LogP contribution < -0.4 is 0 Å². The van der Waals surface area contributed by atoms with E-state index < -0.39 is 0 Å². The van der Waals surface area contributed by atoms with Crippen LogP contribution in [-0.4, -0.2) is 11.4 Å². The van der Waals surface area contributed by atoms with Crippen molar-refractivity contribution in [3.8, 4) is 0 Å². The third-order valence-corrected chi connectivity index (χ3v) is 2.36. The molecule has 0 spiro atoms. The lowest BCUT2D eigenvalue weighted by atomic mass is 9.88. The SMILES string of the molecule is C=C1CCC(C(C)C)=CC1OO. The van der Waals surface area contributed by atoms with E-state index in [2.05, 4.69) is 25.3 Å². The van der Waals surface area contributed by atoms with Gasteiger partial charge in [-0.05, 0) is 30.4 Å². The summed E-state index contributed by atoms with van der Waals surface area (Å²) in [5, 5.41) is 8.56. The zero-order valence-corrected chi connectivity index (χ0v) is 7.71. The highest BCUT2D eigenvalue weighted by Crippen LogP contribution is 2.27. The molecular formula is C10H16O2. The van der Waals surface area contributed by atoms with Crippen LogP contribution in [0.4, 0.5) is 0 Å². The van der Waals surface area contributed by atoms with E-state index >= 15 is 0 Å². The van der Waals surface area contributed by atoms with Crippen molar-refractivity contribution in [3.05, 3.63) is 23.8 Å². The van der Waals surface area contributed by atoms with Crippen LogP contribution in [0.15, 0.2) is 23.8 Å². The Kier molecular flexibility index (Phi) is 3.06. The van der Waals surface area contributed by atoms with Crippen molar-refractivity contribution in [1.82, 2.24) is 0 Å². The highest BCUT2D eigenvalue weighted by atomic mass is 17.1. The minimum absolute atomic E-state index is 0.281. The van der Waals surface area contributed by atoms with Crippen molar-refractivity contribution in [1.29, 1.82) is 0 Å². The van der Waals surface area contributed by atoms with Crippen molar-refractivity contribution in [2.45, 2.75) is 32.8 Å². The van der Waals surface area contributed by atoms with Gasteiger partial charge in [-0.3, -0.25) is 5.26 Å². The van der Waals surface area contributed by atoms with E-state index in [1.54, 1.807) is 0 Å². The van der Waals surface area contributed by atoms with E-state index in [4.69, 9.17) is 5.26 Å². The maximum atomic E-state index is 8.56. The fourth-order valence-electron chi connectivity index (χ4n) is 1.43. The molecule has 0 aromatic rings. The highest BCUT2D eigenvalue weighted by Gasteiger charge is 2.18. The predicted molar refractivity (Wildman–Crippen MR) is 48.8 cm³/mol. The molecule has 0 saturated carbocycles. The molecule has 1 aliphatic rings. The van der Waals surface area contributed by atoms with Gasteiger partial charge >= 0.3 is 0 Å². The molecule has 0 aromatic carbocycles. The van der Waals surface area contributed by atoms with Crippen molar-refractivity contribution in [3.63, 3.8) is 0 Å². The number of hydrogen-bond acceptors (Lipinski definition) is 2. The maximum absolute atomic E-state index is 8.56. The lowest BCUT2D eigenvalue weighted by Crippen LogP contribution is -2.17. The van der Waals surface area contributed by atoms with Gasteiger partial charge in [-0.2, -0.15) is 0 Å². The summed E-state index contributed by atoms with van der Waals surface area (Å²) >= 11 is 0. The van der Waals surface area contributed by atoms with Gasteiger partial charge in [-0.15, -0.1) is 0 Å². The van der Waals surface area contributed by atoms with E-state index in [1.165, 1.54) is 5.57 Å². The summed E-state index contributed by atoms with van der Waals surface area (Å²) in [6.07, 6.45) is 3.67. The monoisotopic (exact) mass is 168 g/mol. The fraction of sp³-hybridized carbons (Fsp3) is 0.600. The lowest BCUT2D eigenvalue weighted by Gasteiger charge is -2.23. The van der Waals surface area contributed by atoms with Crippen LogP contribution >= 0.6 is 0 Å². The van der Waals surface area contributed by atoms with Crippen molar-refractivity contribution < 1.29 is 10.1 Å². The van der Waals surface area contributed by atoms with Crippen LogP contribution in [0.25, 0.3) is 0 Å². The van der Waals surface area contributed by atoms with Gasteiger partial charge in [0.05, 0.1) is 0 Å². The van der Waals surface area contributed by atoms with E-state index in [1.807, 2.05) is 6.08 Å². The van der Waals surface area contributed by atoms with Crippen LogP contribution in [0.3, 0.4) is 0 Å². The van der Waals surface area contributed by atoms with E-state index in [0.717, 1.165) is 18.4 Å². The second-order valence-electron chi connectivity index (χ2n) is 3.58. The number of allylic oxidation sites excluding steroid dienone is 1. The number of rotatable bonds is 2. The molecule has 0 aliphatic heterocycles. The Morgan fingerprint density at radius 2 is 2.25 bits per heavy atom. The van der Waals surface area contributed by atoms with Gasteiger partial charge in [0.15, 0.2) is 0 Å². The van der Waals surface area contributed by atoms with Gasteiger partial charge in [0.2, 0.25) is 0 Å². The van der Waals surface area contributed by atoms with Gasteiger partial charge in [0, 0.05) is 0 Å². The Hall–Kier alpha value is -0.600. The summed E-state index contributed by atoms with van der Waals surface area (Å²) < 4.78 is 0. The molecule has 0 aromatic heterocycles. The molecule has 2 nitrogen and oxygen atoms in total. The molecule has 2 heteroatoms. The molecule has 0 radical (unpaired) electrons. The number of hydrogen-bond donors (Lipinski definition) is 1. The zero-order chi connectivity index (χ0) is 9.14. The second-order valence-corrected chi connectivity index (χ2v) is 3.58. The fourth-order valence-corrected chi connectivity index (χ4v) is 1.43. The predicted octanol–water partition coefficient (Wildman–Crippen LogP) is 2.78. The molecule has 1 rings (SSSR count). The third kappa shape index (κ3) is 1.96. The molecule has 0 amide bonds. The minimum atomic E-state index is -0.281. The molecular weight excluding hydrogens is 152 g/mol. The molecule has 0 heterocycles. The van der Waals surface area contributed by atoms with Gasteiger partial charge in [-0.1, -0.05) is 26.0 Å². The van der Waals surface area contributed by atoms with Gasteiger partial charge < -0.3 is 0 Å². The topological polar surface area (TPSA) is 29.5 Å². The van der Waals surface area contributed by atoms with Crippen molar-refractivity contribution >= 4 is 0 Å². The van der Waals surface area contributed by atoms with Gasteiger partial charge in [0.1, 0.15) is 6.10 Å². The van der Waals surface area contributed by atoms with Crippen molar-refractivity contribution in [2.75, 3.05) is 0 Å². The van der Waals surface area contributed by atoms with E-state index in [0.29, 0.717) is 5.92 Å². The largest absolute Gasteiger partial charge is 0.251 e. The standard InChI is InChI=1S/C10H16O2/c1-7(2)9-5-4-8(3)10(6-9)12-11/h6-7,10-11H,3-5H2,1-2H3. The quantitative estimate of drug-likeness (QED) is 0.390. The van der Waals surface area contributed by atoms with Crippen LogP contribution in [0.1, 0.15) is 26.7 Å². The summed E-state index contributed by atoms with van der Waals surface area (Å²) in [5.41, 5.74) is 2.31. The first-order valence-corrected chi connectivity index (χ1v) is 4.33. The lowest BCUT2D eigenvalue weighted by molar-refractivity contribution is -0.257. The Labute approximate surface area is 73.5 Å². The third-order valence-electron chi connectivity index (χ3n) is 2.36. The van der Waals surface area contributed by atoms with Crippen LogP contribution in [0, 0.1) is 5.92 Å². The van der Waals surface area contributed by atoms with Crippen molar-refractivity contribution in [2.24, 2.45) is 5.92 Å². The summed E-state index contributed by atoms with van der Waals surface area (Å²) in [6, 6.07) is 0. The van der Waals surface area contributed by atoms with Crippen LogP contribution in [0.2, 0.25) is 0 Å². The molecule has 1 aliphatic carbocycles. The molecule has 68 valence electrons. The summed E-state index contributed by atoms with van der Waals surface area (Å²) in [7, 11) is 0. The maximum Gasteiger partial charge on any atom is 0.132 e. The first-order chi connectivity index (χ1) is 5.65. The Balaban J connectivity index is 2.73. The molecule has 0 fully saturated rings. The zero-order valence-electron chi connectivity index (χ0n) is 7.71. The Morgan fingerprint density at radius 3 is 2.75 bits per heavy atom. The minimum Gasteiger partial charge on any atom is -0.251 e. The Morgan fingerprint density at radius 1 is 1.58 bits per heavy atom. The average molecular weight is 168 g/mol. The normalized spacial score (nSPS) is 24.5. The summed E-state index contributed by atoms with van der Waals surface area (Å²) in [6.45, 7) is 8.12. The first-order valence-electron chi connectivity index (χ1n) is 4.33. The van der Waals surface area contributed by atoms with E-state index in [9.17, 15) is 0 Å². The smallest absolute Gasteiger partial charge is 0.132 e.